The second-order valence-corrected chi connectivity index (χ2v) is 3.42. The molecule has 0 aromatic rings. The highest BCUT2D eigenvalue weighted by Gasteiger charge is 2.05. The van der Waals surface area contributed by atoms with Crippen molar-refractivity contribution in [1.82, 2.24) is 0 Å². The molecular formula is C11H15BO. The minimum Gasteiger partial charge on any atom is -0.296 e. The number of hydrogen-bond acceptors (Lipinski definition) is 1. The second-order valence-electron chi connectivity index (χ2n) is 3.42. The highest BCUT2D eigenvalue weighted by molar-refractivity contribution is 6.22. The van der Waals surface area contributed by atoms with Gasteiger partial charge in [-0.25, -0.2) is 0 Å². The summed E-state index contributed by atoms with van der Waals surface area (Å²) in [5.41, 5.74) is 0. The zero-order chi connectivity index (χ0) is 9.52. The standard InChI is InChI=1S/C11H15BO/c12-9-11(13)8-7-10-5-3-1-2-4-6-10/h1-2,7-8,10H,3-6,9H2. The van der Waals surface area contributed by atoms with E-state index in [-0.39, 0.29) is 12.1 Å². The van der Waals surface area contributed by atoms with Crippen molar-refractivity contribution in [2.75, 3.05) is 0 Å². The molecule has 0 spiro atoms. The Morgan fingerprint density at radius 1 is 1.38 bits per heavy atom. The monoisotopic (exact) mass is 174 g/mol. The largest absolute Gasteiger partial charge is 0.296 e. The van der Waals surface area contributed by atoms with E-state index < -0.39 is 0 Å². The van der Waals surface area contributed by atoms with Gasteiger partial charge in [-0.3, -0.25) is 4.79 Å². The van der Waals surface area contributed by atoms with Gasteiger partial charge in [0.15, 0.2) is 0 Å². The summed E-state index contributed by atoms with van der Waals surface area (Å²) in [5, 5.41) is 0. The number of hydrogen-bond donors (Lipinski definition) is 0. The summed E-state index contributed by atoms with van der Waals surface area (Å²) in [7, 11) is 5.21. The summed E-state index contributed by atoms with van der Waals surface area (Å²) in [6.07, 6.45) is 12.8. The van der Waals surface area contributed by atoms with Crippen molar-refractivity contribution in [2.24, 2.45) is 5.92 Å². The van der Waals surface area contributed by atoms with Crippen LogP contribution >= 0.6 is 0 Å². The molecule has 1 aliphatic carbocycles. The van der Waals surface area contributed by atoms with E-state index in [9.17, 15) is 4.79 Å². The third-order valence-electron chi connectivity index (χ3n) is 2.33. The molecular weight excluding hydrogens is 159 g/mol. The molecule has 0 bridgehead atoms. The van der Waals surface area contributed by atoms with Crippen LogP contribution < -0.4 is 0 Å². The van der Waals surface area contributed by atoms with Crippen LogP contribution in [0.1, 0.15) is 25.7 Å². The number of allylic oxidation sites excluding steroid dienone is 4. The van der Waals surface area contributed by atoms with Crippen molar-refractivity contribution >= 4 is 13.6 Å². The lowest BCUT2D eigenvalue weighted by atomic mass is 9.96. The molecule has 0 fully saturated rings. The topological polar surface area (TPSA) is 17.1 Å². The van der Waals surface area contributed by atoms with E-state index in [2.05, 4.69) is 12.2 Å². The minimum atomic E-state index is 0.0252. The first-order chi connectivity index (χ1) is 6.33. The maximum Gasteiger partial charge on any atom is 0.146 e. The van der Waals surface area contributed by atoms with Gasteiger partial charge in [-0.05, 0) is 44.0 Å². The molecule has 0 amide bonds. The molecule has 0 saturated heterocycles. The van der Waals surface area contributed by atoms with Crippen LogP contribution in [0, 0.1) is 5.92 Å². The van der Waals surface area contributed by atoms with Crippen molar-refractivity contribution in [3.8, 4) is 0 Å². The molecule has 1 nitrogen and oxygen atoms in total. The first-order valence-corrected chi connectivity index (χ1v) is 4.89. The van der Waals surface area contributed by atoms with E-state index in [1.165, 1.54) is 0 Å². The van der Waals surface area contributed by atoms with Crippen molar-refractivity contribution in [1.29, 1.82) is 0 Å². The number of carbonyl (C=O) groups excluding carboxylic acids is 1. The van der Waals surface area contributed by atoms with Gasteiger partial charge in [-0.2, -0.15) is 0 Å². The second kappa shape index (κ2) is 5.79. The molecule has 0 aromatic heterocycles. The summed E-state index contributed by atoms with van der Waals surface area (Å²) in [6, 6.07) is 0. The van der Waals surface area contributed by atoms with Crippen molar-refractivity contribution in [2.45, 2.75) is 32.0 Å². The third kappa shape index (κ3) is 4.11. The minimum absolute atomic E-state index is 0.0252. The molecule has 0 N–H and O–H groups in total. The molecule has 0 atom stereocenters. The molecule has 68 valence electrons. The molecule has 1 rings (SSSR count). The van der Waals surface area contributed by atoms with E-state index in [1.54, 1.807) is 6.08 Å². The molecule has 0 saturated carbocycles. The molecule has 13 heavy (non-hydrogen) atoms. The Morgan fingerprint density at radius 2 is 2.00 bits per heavy atom. The predicted octanol–water partition coefficient (Wildman–Crippen LogP) is 2.44. The highest BCUT2D eigenvalue weighted by Crippen LogP contribution is 2.19. The zero-order valence-electron chi connectivity index (χ0n) is 7.91. The fourth-order valence-electron chi connectivity index (χ4n) is 1.50. The van der Waals surface area contributed by atoms with Crippen LogP contribution in [0.2, 0.25) is 6.32 Å². The van der Waals surface area contributed by atoms with E-state index >= 15 is 0 Å². The summed E-state index contributed by atoms with van der Waals surface area (Å²) >= 11 is 0. The van der Waals surface area contributed by atoms with Crippen LogP contribution in [0.15, 0.2) is 24.3 Å². The lowest BCUT2D eigenvalue weighted by Gasteiger charge is -2.06. The van der Waals surface area contributed by atoms with Gasteiger partial charge in [0.2, 0.25) is 0 Å². The molecule has 0 heterocycles. The Labute approximate surface area is 81.3 Å². The Bertz CT molecular complexity index is 208. The number of carbonyl (C=O) groups is 1. The summed E-state index contributed by atoms with van der Waals surface area (Å²) in [5.74, 6) is 0.586. The molecule has 2 radical (unpaired) electrons. The zero-order valence-corrected chi connectivity index (χ0v) is 7.91. The first-order valence-electron chi connectivity index (χ1n) is 4.89. The maximum atomic E-state index is 10.9. The maximum absolute atomic E-state index is 10.9. The molecule has 2 heteroatoms. The Balaban J connectivity index is 2.35. The van der Waals surface area contributed by atoms with Crippen LogP contribution in [0.4, 0.5) is 0 Å². The Hall–Kier alpha value is -0.785. The first kappa shape index (κ1) is 10.3. The highest BCUT2D eigenvalue weighted by atomic mass is 16.1. The van der Waals surface area contributed by atoms with Crippen molar-refractivity contribution in [3.05, 3.63) is 24.3 Å². The van der Waals surface area contributed by atoms with Gasteiger partial charge in [0.1, 0.15) is 5.78 Å². The van der Waals surface area contributed by atoms with E-state index in [0.717, 1.165) is 25.7 Å². The third-order valence-corrected chi connectivity index (χ3v) is 2.33. The number of rotatable bonds is 3. The van der Waals surface area contributed by atoms with Gasteiger partial charge in [-0.15, -0.1) is 0 Å². The van der Waals surface area contributed by atoms with Crippen LogP contribution in [-0.2, 0) is 4.79 Å². The molecule has 0 aliphatic heterocycles. The Kier molecular flexibility index (Phi) is 4.59. The van der Waals surface area contributed by atoms with Gasteiger partial charge < -0.3 is 0 Å². The summed E-state index contributed by atoms with van der Waals surface area (Å²) < 4.78 is 0. The Morgan fingerprint density at radius 3 is 2.54 bits per heavy atom. The summed E-state index contributed by atoms with van der Waals surface area (Å²) in [6.45, 7) is 0. The fraction of sp³-hybridized carbons (Fsp3) is 0.545. The summed E-state index contributed by atoms with van der Waals surface area (Å²) in [4.78, 5) is 10.9. The fourth-order valence-corrected chi connectivity index (χ4v) is 1.50. The average molecular weight is 174 g/mol. The van der Waals surface area contributed by atoms with Gasteiger partial charge in [0.05, 0.1) is 7.85 Å². The van der Waals surface area contributed by atoms with Crippen LogP contribution in [0.3, 0.4) is 0 Å². The van der Waals surface area contributed by atoms with Crippen molar-refractivity contribution in [3.63, 3.8) is 0 Å². The van der Waals surface area contributed by atoms with Gasteiger partial charge in [0, 0.05) is 0 Å². The lowest BCUT2D eigenvalue weighted by Crippen LogP contribution is -1.96. The number of ketones is 1. The molecule has 0 aromatic carbocycles. The van der Waals surface area contributed by atoms with Gasteiger partial charge in [0.25, 0.3) is 0 Å². The SMILES string of the molecule is [B]CC(=O)C=CC1CCC=CCC1. The van der Waals surface area contributed by atoms with Crippen LogP contribution in [-0.4, -0.2) is 13.6 Å². The quantitative estimate of drug-likeness (QED) is 0.365. The smallest absolute Gasteiger partial charge is 0.146 e. The van der Waals surface area contributed by atoms with Gasteiger partial charge >= 0.3 is 0 Å². The van der Waals surface area contributed by atoms with Crippen LogP contribution in [0.25, 0.3) is 0 Å². The lowest BCUT2D eigenvalue weighted by molar-refractivity contribution is -0.112. The predicted molar refractivity (Wildman–Crippen MR) is 55.8 cm³/mol. The average Bonchev–Trinajstić information content (AvgIpc) is 2.42. The van der Waals surface area contributed by atoms with E-state index in [1.807, 2.05) is 6.08 Å². The van der Waals surface area contributed by atoms with Crippen molar-refractivity contribution < 1.29 is 4.79 Å². The molecule has 0 unspecified atom stereocenters. The van der Waals surface area contributed by atoms with Gasteiger partial charge in [-0.1, -0.05) is 18.2 Å². The molecule has 1 aliphatic rings. The normalized spacial score (nSPS) is 19.1. The van der Waals surface area contributed by atoms with Crippen LogP contribution in [0.5, 0.6) is 0 Å². The van der Waals surface area contributed by atoms with E-state index in [0.29, 0.717) is 5.92 Å². The van der Waals surface area contributed by atoms with E-state index in [4.69, 9.17) is 7.85 Å².